The van der Waals surface area contributed by atoms with E-state index in [2.05, 4.69) is 20.1 Å². The van der Waals surface area contributed by atoms with Gasteiger partial charge in [0.05, 0.1) is 0 Å². The van der Waals surface area contributed by atoms with Gasteiger partial charge in [-0.3, -0.25) is 4.79 Å². The van der Waals surface area contributed by atoms with Gasteiger partial charge in [0, 0.05) is 6.42 Å². The Bertz CT molecular complexity index is 202. The van der Waals surface area contributed by atoms with Crippen LogP contribution in [0.4, 0.5) is 0 Å². The summed E-state index contributed by atoms with van der Waals surface area (Å²) in [7, 11) is 0. The predicted octanol–water partition coefficient (Wildman–Crippen LogP) is 6.74. The summed E-state index contributed by atoms with van der Waals surface area (Å²) in [6, 6.07) is 0. The van der Waals surface area contributed by atoms with E-state index in [-0.39, 0.29) is 0 Å². The van der Waals surface area contributed by atoms with Gasteiger partial charge in [-0.2, -0.15) is 0 Å². The molecular formula is C19H38O2. The highest BCUT2D eigenvalue weighted by atomic mass is 16.4. The Morgan fingerprint density at radius 3 is 1.24 bits per heavy atom. The van der Waals surface area contributed by atoms with E-state index >= 15 is 0 Å². The molecule has 0 heterocycles. The Morgan fingerprint density at radius 1 is 0.667 bits per heavy atom. The Morgan fingerprint density at radius 2 is 0.952 bits per heavy atom. The largest absolute Gasteiger partial charge is 0.481 e. The summed E-state index contributed by atoms with van der Waals surface area (Å²) < 4.78 is 0. The van der Waals surface area contributed by atoms with Gasteiger partial charge < -0.3 is 5.11 Å². The van der Waals surface area contributed by atoms with Crippen molar-refractivity contribution in [2.24, 2.45) is 0 Å². The lowest BCUT2D eigenvalue weighted by atomic mass is 10.0. The fourth-order valence-electron chi connectivity index (χ4n) is 2.47. The highest BCUT2D eigenvalue weighted by molar-refractivity contribution is 5.66. The molecule has 2 nitrogen and oxygen atoms in total. The Kier molecular flexibility index (Phi) is 23.0. The fourth-order valence-corrected chi connectivity index (χ4v) is 2.47. The molecule has 0 bridgehead atoms. The van der Waals surface area contributed by atoms with Crippen LogP contribution in [0.15, 0.2) is 13.2 Å². The van der Waals surface area contributed by atoms with Crippen LogP contribution in [-0.2, 0) is 4.79 Å². The smallest absolute Gasteiger partial charge is 0.303 e. The minimum atomic E-state index is -0.654. The summed E-state index contributed by atoms with van der Waals surface area (Å²) in [4.78, 5) is 10.3. The number of aliphatic carboxylic acids is 1. The standard InChI is InChI=1S/C17H34O2.C2H4/c1-2-3-4-5-6-7-8-9-10-11-12-13-14-15-16-17(18)19;1-2/h2-16H2,1H3,(H,18,19);1-2H2. The van der Waals surface area contributed by atoms with Crippen LogP contribution in [0.2, 0.25) is 0 Å². The van der Waals surface area contributed by atoms with Gasteiger partial charge in [-0.05, 0) is 6.42 Å². The second-order valence-corrected chi connectivity index (χ2v) is 5.74. The lowest BCUT2D eigenvalue weighted by molar-refractivity contribution is -0.137. The number of hydrogen-bond acceptors (Lipinski definition) is 1. The zero-order chi connectivity index (χ0) is 16.2. The first kappa shape index (κ1) is 22.5. The third kappa shape index (κ3) is 24.6. The summed E-state index contributed by atoms with van der Waals surface area (Å²) in [5.74, 6) is -0.654. The average Bonchev–Trinajstić information content (AvgIpc) is 2.49. The highest BCUT2D eigenvalue weighted by Gasteiger charge is 1.96. The molecule has 0 aromatic rings. The molecule has 1 N–H and O–H groups in total. The zero-order valence-electron chi connectivity index (χ0n) is 14.4. The molecule has 0 spiro atoms. The summed E-state index contributed by atoms with van der Waals surface area (Å²) in [6.45, 7) is 8.27. The van der Waals surface area contributed by atoms with Crippen molar-refractivity contribution in [3.63, 3.8) is 0 Å². The number of carboxylic acid groups (broad SMARTS) is 1. The predicted molar refractivity (Wildman–Crippen MR) is 93.8 cm³/mol. The molecule has 0 aromatic carbocycles. The quantitative estimate of drug-likeness (QED) is 0.268. The molecule has 0 saturated heterocycles. The second kappa shape index (κ2) is 21.5. The van der Waals surface area contributed by atoms with Crippen LogP contribution < -0.4 is 0 Å². The summed E-state index contributed by atoms with van der Waals surface area (Å²) in [5, 5.41) is 8.50. The average molecular weight is 299 g/mol. The third-order valence-corrected chi connectivity index (χ3v) is 3.74. The molecule has 126 valence electrons. The second-order valence-electron chi connectivity index (χ2n) is 5.74. The monoisotopic (exact) mass is 298 g/mol. The van der Waals surface area contributed by atoms with Crippen molar-refractivity contribution in [2.75, 3.05) is 0 Å². The number of unbranched alkanes of at least 4 members (excludes halogenated alkanes) is 13. The van der Waals surface area contributed by atoms with Crippen molar-refractivity contribution in [2.45, 2.75) is 103 Å². The summed E-state index contributed by atoms with van der Waals surface area (Å²) >= 11 is 0. The molecule has 0 fully saturated rings. The molecule has 0 atom stereocenters. The molecule has 0 rings (SSSR count). The maximum Gasteiger partial charge on any atom is 0.303 e. The van der Waals surface area contributed by atoms with Crippen molar-refractivity contribution in [3.8, 4) is 0 Å². The normalized spacial score (nSPS) is 9.95. The van der Waals surface area contributed by atoms with E-state index in [4.69, 9.17) is 5.11 Å². The first-order chi connectivity index (χ1) is 10.3. The van der Waals surface area contributed by atoms with E-state index in [0.717, 1.165) is 12.8 Å². The highest BCUT2D eigenvalue weighted by Crippen LogP contribution is 2.13. The van der Waals surface area contributed by atoms with Crippen molar-refractivity contribution in [1.29, 1.82) is 0 Å². The van der Waals surface area contributed by atoms with Crippen molar-refractivity contribution >= 4 is 5.97 Å². The first-order valence-corrected chi connectivity index (χ1v) is 8.99. The van der Waals surface area contributed by atoms with Gasteiger partial charge in [-0.25, -0.2) is 0 Å². The van der Waals surface area contributed by atoms with Crippen LogP contribution >= 0.6 is 0 Å². The van der Waals surface area contributed by atoms with E-state index in [1.54, 1.807) is 0 Å². The van der Waals surface area contributed by atoms with Gasteiger partial charge in [0.1, 0.15) is 0 Å². The van der Waals surface area contributed by atoms with Crippen LogP contribution in [0.5, 0.6) is 0 Å². The van der Waals surface area contributed by atoms with Gasteiger partial charge in [0.2, 0.25) is 0 Å². The summed E-state index contributed by atoms with van der Waals surface area (Å²) in [6.07, 6.45) is 18.7. The van der Waals surface area contributed by atoms with E-state index < -0.39 is 5.97 Å². The number of hydrogen-bond donors (Lipinski definition) is 1. The molecule has 0 aliphatic rings. The molecule has 0 radical (unpaired) electrons. The van der Waals surface area contributed by atoms with Crippen LogP contribution in [-0.4, -0.2) is 11.1 Å². The molecule has 0 aromatic heterocycles. The van der Waals surface area contributed by atoms with Crippen LogP contribution in [0, 0.1) is 0 Å². The molecule has 2 heteroatoms. The molecule has 0 aliphatic heterocycles. The van der Waals surface area contributed by atoms with Gasteiger partial charge in [-0.1, -0.05) is 90.4 Å². The lowest BCUT2D eigenvalue weighted by Gasteiger charge is -2.02. The molecule has 21 heavy (non-hydrogen) atoms. The molecule has 0 aliphatic carbocycles. The van der Waals surface area contributed by atoms with Crippen LogP contribution in [0.1, 0.15) is 103 Å². The van der Waals surface area contributed by atoms with E-state index in [0.29, 0.717) is 6.42 Å². The molecule has 0 amide bonds. The summed E-state index contributed by atoms with van der Waals surface area (Å²) in [5.41, 5.74) is 0. The third-order valence-electron chi connectivity index (χ3n) is 3.74. The molecular weight excluding hydrogens is 260 g/mol. The molecule has 0 saturated carbocycles. The molecule has 0 unspecified atom stereocenters. The maximum absolute atomic E-state index is 10.3. The Balaban J connectivity index is 0. The van der Waals surface area contributed by atoms with Crippen molar-refractivity contribution in [3.05, 3.63) is 13.2 Å². The minimum absolute atomic E-state index is 0.345. The van der Waals surface area contributed by atoms with Gasteiger partial charge in [0.15, 0.2) is 0 Å². The van der Waals surface area contributed by atoms with E-state index in [1.165, 1.54) is 77.0 Å². The van der Waals surface area contributed by atoms with Crippen molar-refractivity contribution in [1.82, 2.24) is 0 Å². The number of carbonyl (C=O) groups is 1. The van der Waals surface area contributed by atoms with Crippen molar-refractivity contribution < 1.29 is 9.90 Å². The SMILES string of the molecule is C=C.CCCCCCCCCCCCCCCCC(=O)O. The van der Waals surface area contributed by atoms with E-state index in [9.17, 15) is 4.79 Å². The zero-order valence-corrected chi connectivity index (χ0v) is 14.4. The van der Waals surface area contributed by atoms with Crippen LogP contribution in [0.3, 0.4) is 0 Å². The van der Waals surface area contributed by atoms with Crippen LogP contribution in [0.25, 0.3) is 0 Å². The minimum Gasteiger partial charge on any atom is -0.481 e. The first-order valence-electron chi connectivity index (χ1n) is 8.99. The number of rotatable bonds is 15. The lowest BCUT2D eigenvalue weighted by Crippen LogP contribution is -1.93. The van der Waals surface area contributed by atoms with Gasteiger partial charge >= 0.3 is 5.97 Å². The van der Waals surface area contributed by atoms with Gasteiger partial charge in [0.25, 0.3) is 0 Å². The Labute approximate surface area is 133 Å². The maximum atomic E-state index is 10.3. The topological polar surface area (TPSA) is 37.3 Å². The van der Waals surface area contributed by atoms with Gasteiger partial charge in [-0.15, -0.1) is 13.2 Å². The fraction of sp³-hybridized carbons (Fsp3) is 0.842. The van der Waals surface area contributed by atoms with E-state index in [1.807, 2.05) is 0 Å². The Hall–Kier alpha value is -0.790. The number of carboxylic acids is 1.